The first-order valence-corrected chi connectivity index (χ1v) is 19.8. The van der Waals surface area contributed by atoms with Gasteiger partial charge in [0, 0.05) is 0 Å². The molecule has 248 valence electrons. The number of nitrogens with one attached hydrogen (secondary N) is 1. The van der Waals surface area contributed by atoms with E-state index in [4.69, 9.17) is 0 Å². The molecule has 0 aromatic carbocycles. The number of rotatable bonds is 33. The normalized spacial score (nSPS) is 12.5. The number of nitrogens with zero attached hydrogens (tertiary/aromatic N) is 1. The lowest BCUT2D eigenvalue weighted by Crippen LogP contribution is -2.41. The molecule has 1 aromatic heterocycles. The van der Waals surface area contributed by atoms with Crippen molar-refractivity contribution in [1.82, 2.24) is 4.98 Å². The van der Waals surface area contributed by atoms with Crippen molar-refractivity contribution in [2.75, 3.05) is 0 Å². The summed E-state index contributed by atoms with van der Waals surface area (Å²) in [4.78, 5) is 3.75. The van der Waals surface area contributed by atoms with Gasteiger partial charge in [-0.2, -0.15) is 0 Å². The van der Waals surface area contributed by atoms with Gasteiger partial charge in [0.25, 0.3) is 5.82 Å². The van der Waals surface area contributed by atoms with Gasteiger partial charge in [-0.15, -0.1) is 0 Å². The van der Waals surface area contributed by atoms with E-state index >= 15 is 0 Å². The van der Waals surface area contributed by atoms with E-state index in [0.717, 1.165) is 0 Å². The molecule has 0 spiro atoms. The van der Waals surface area contributed by atoms with E-state index < -0.39 is 0 Å². The van der Waals surface area contributed by atoms with Crippen LogP contribution < -0.4 is 4.57 Å². The van der Waals surface area contributed by atoms with Crippen molar-refractivity contribution >= 4 is 0 Å². The second kappa shape index (κ2) is 30.2. The monoisotopic (exact) mass is 588 g/mol. The van der Waals surface area contributed by atoms with Crippen molar-refractivity contribution in [2.24, 2.45) is 0 Å². The predicted octanol–water partition coefficient (Wildman–Crippen LogP) is 14.1. The highest BCUT2D eigenvalue weighted by molar-refractivity contribution is 4.90. The molecule has 42 heavy (non-hydrogen) atoms. The molecule has 1 aromatic rings. The lowest BCUT2D eigenvalue weighted by atomic mass is 9.92. The minimum Gasteiger partial charge on any atom is -0.247 e. The molecule has 1 unspecified atom stereocenters. The molecule has 2 nitrogen and oxygen atoms in total. The summed E-state index contributed by atoms with van der Waals surface area (Å²) in [7, 11) is 0. The molecular weight excluding hydrogens is 508 g/mol. The van der Waals surface area contributed by atoms with E-state index in [9.17, 15) is 0 Å². The average Bonchev–Trinajstić information content (AvgIpc) is 3.49. The minimum atomic E-state index is 0.620. The molecule has 1 atom stereocenters. The van der Waals surface area contributed by atoms with Gasteiger partial charge in [0.05, 0.1) is 12.0 Å². The van der Waals surface area contributed by atoms with Crippen molar-refractivity contribution < 1.29 is 4.57 Å². The first-order chi connectivity index (χ1) is 20.7. The van der Waals surface area contributed by atoms with Gasteiger partial charge in [-0.25, -0.2) is 9.55 Å². The Bertz CT molecular complexity index is 624. The molecule has 1 rings (SSSR count). The predicted molar refractivity (Wildman–Crippen MR) is 189 cm³/mol. The van der Waals surface area contributed by atoms with Crippen molar-refractivity contribution in [3.8, 4) is 0 Å². The Morgan fingerprint density at radius 3 is 1.12 bits per heavy atom. The van der Waals surface area contributed by atoms with Gasteiger partial charge >= 0.3 is 0 Å². The molecule has 0 radical (unpaired) electrons. The molecule has 0 fully saturated rings. The lowest BCUT2D eigenvalue weighted by molar-refractivity contribution is -0.727. The molecule has 0 aliphatic rings. The van der Waals surface area contributed by atoms with Gasteiger partial charge in [0.1, 0.15) is 12.4 Å². The van der Waals surface area contributed by atoms with Gasteiger partial charge in [-0.05, 0) is 32.6 Å². The average molecular weight is 588 g/mol. The second-order valence-corrected chi connectivity index (χ2v) is 14.0. The fourth-order valence-electron chi connectivity index (χ4n) is 6.96. The number of imidazole rings is 1. The summed E-state index contributed by atoms with van der Waals surface area (Å²) in [5, 5.41) is 0. The van der Waals surface area contributed by atoms with E-state index in [2.05, 4.69) is 49.6 Å². The molecule has 0 saturated carbocycles. The molecule has 2 heteroatoms. The summed E-state index contributed by atoms with van der Waals surface area (Å²) in [6.07, 6.45) is 48.7. The highest BCUT2D eigenvalue weighted by Crippen LogP contribution is 2.27. The van der Waals surface area contributed by atoms with Gasteiger partial charge in [-0.1, -0.05) is 194 Å². The van der Waals surface area contributed by atoms with Gasteiger partial charge in [0.15, 0.2) is 0 Å². The quantitative estimate of drug-likeness (QED) is 0.0623. The van der Waals surface area contributed by atoms with Crippen LogP contribution in [-0.4, -0.2) is 4.98 Å². The number of H-pyrrole nitrogens is 1. The van der Waals surface area contributed by atoms with Crippen LogP contribution in [0.1, 0.15) is 245 Å². The molecule has 0 saturated heterocycles. The third-order valence-electron chi connectivity index (χ3n) is 9.89. The summed E-state index contributed by atoms with van der Waals surface area (Å²) in [6.45, 7) is 9.41. The summed E-state index contributed by atoms with van der Waals surface area (Å²) in [5.41, 5.74) is 0. The Balaban J connectivity index is 2.42. The zero-order valence-corrected chi connectivity index (χ0v) is 29.7. The van der Waals surface area contributed by atoms with Crippen LogP contribution in [0.4, 0.5) is 0 Å². The zero-order chi connectivity index (χ0) is 30.4. The van der Waals surface area contributed by atoms with Crippen LogP contribution >= 0.6 is 0 Å². The van der Waals surface area contributed by atoms with Gasteiger partial charge in [-0.3, -0.25) is 0 Å². The number of hydrogen-bond acceptors (Lipinski definition) is 0. The van der Waals surface area contributed by atoms with E-state index in [1.807, 2.05) is 0 Å². The molecule has 0 bridgehead atoms. The van der Waals surface area contributed by atoms with Gasteiger partial charge in [0.2, 0.25) is 0 Å². The first kappa shape index (κ1) is 39.2. The number of unbranched alkanes of at least 4 members (excludes halogenated alkanes) is 25. The van der Waals surface area contributed by atoms with Crippen molar-refractivity contribution in [3.05, 3.63) is 18.2 Å². The van der Waals surface area contributed by atoms with E-state index in [1.54, 1.807) is 0 Å². The van der Waals surface area contributed by atoms with Crippen LogP contribution in [0, 0.1) is 0 Å². The topological polar surface area (TPSA) is 19.7 Å². The Kier molecular flexibility index (Phi) is 28.3. The highest BCUT2D eigenvalue weighted by atomic mass is 15.1. The van der Waals surface area contributed by atoms with E-state index in [1.165, 1.54) is 205 Å². The third-order valence-corrected chi connectivity index (χ3v) is 9.89. The smallest absolute Gasteiger partial charge is 0.247 e. The Morgan fingerprint density at radius 2 is 0.762 bits per heavy atom. The summed E-state index contributed by atoms with van der Waals surface area (Å²) in [5.74, 6) is 2.25. The third kappa shape index (κ3) is 21.8. The molecular formula is C40H79N2+. The van der Waals surface area contributed by atoms with E-state index in [-0.39, 0.29) is 0 Å². The van der Waals surface area contributed by atoms with Crippen LogP contribution in [0.25, 0.3) is 0 Å². The van der Waals surface area contributed by atoms with Crippen LogP contribution in [0.5, 0.6) is 0 Å². The number of aromatic amines is 1. The number of aromatic nitrogens is 2. The molecule has 1 heterocycles. The largest absolute Gasteiger partial charge is 0.257 e. The second-order valence-electron chi connectivity index (χ2n) is 14.0. The zero-order valence-electron chi connectivity index (χ0n) is 29.7. The van der Waals surface area contributed by atoms with Crippen LogP contribution in [0.2, 0.25) is 0 Å². The lowest BCUT2D eigenvalue weighted by Gasteiger charge is -2.17. The van der Waals surface area contributed by atoms with Crippen molar-refractivity contribution in [3.63, 3.8) is 0 Å². The van der Waals surface area contributed by atoms with Crippen molar-refractivity contribution in [1.29, 1.82) is 0 Å². The summed E-state index contributed by atoms with van der Waals surface area (Å²) >= 11 is 0. The maximum Gasteiger partial charge on any atom is 0.257 e. The minimum absolute atomic E-state index is 0.620. The maximum atomic E-state index is 3.75. The van der Waals surface area contributed by atoms with Crippen LogP contribution in [0.15, 0.2) is 12.4 Å². The Morgan fingerprint density at radius 1 is 0.452 bits per heavy atom. The summed E-state index contributed by atoms with van der Waals surface area (Å²) in [6, 6.07) is 0.620. The molecule has 0 aliphatic heterocycles. The maximum absolute atomic E-state index is 3.75. The standard InChI is InChI=1S/C40H78N2/c1-5-8-11-14-17-19-21-23-25-28-31-34-39(35-32-29-26-24-22-20-18-15-12-9-6-2)40-41-36-37-42(40)38(4)33-30-27-16-13-10-7-3/h36-39H,5-35H2,1-4H3/p+1. The van der Waals surface area contributed by atoms with Crippen LogP contribution in [-0.2, 0) is 0 Å². The SMILES string of the molecule is CCCCCCCCCCCCCC(CCCCCCCCCCCCC)c1[nH]cc[n+]1C(C)CCCCCCCC. The molecule has 1 N–H and O–H groups in total. The van der Waals surface area contributed by atoms with Gasteiger partial charge < -0.3 is 0 Å². The first-order valence-electron chi connectivity index (χ1n) is 19.8. The van der Waals surface area contributed by atoms with Crippen molar-refractivity contribution in [2.45, 2.75) is 239 Å². The van der Waals surface area contributed by atoms with Crippen LogP contribution in [0.3, 0.4) is 0 Å². The molecule has 0 amide bonds. The van der Waals surface area contributed by atoms with E-state index in [0.29, 0.717) is 12.0 Å². The fourth-order valence-corrected chi connectivity index (χ4v) is 6.96. The number of hydrogen-bond donors (Lipinski definition) is 1. The highest BCUT2D eigenvalue weighted by Gasteiger charge is 2.25. The molecule has 0 aliphatic carbocycles. The Hall–Kier alpha value is -0.790. The Labute approximate surface area is 266 Å². The fraction of sp³-hybridized carbons (Fsp3) is 0.925. The summed E-state index contributed by atoms with van der Waals surface area (Å²) < 4.78 is 2.63.